The lowest BCUT2D eigenvalue weighted by atomic mass is 9.67. The zero-order valence-electron chi connectivity index (χ0n) is 45.5. The number of fused-ring (bicyclic) bond motifs is 8. The van der Waals surface area contributed by atoms with Crippen LogP contribution in [0.4, 0.5) is 10.5 Å². The van der Waals surface area contributed by atoms with Gasteiger partial charge >= 0.3 is 12.0 Å². The summed E-state index contributed by atoms with van der Waals surface area (Å²) in [4.78, 5) is 82.2. The molecule has 8 heterocycles. The van der Waals surface area contributed by atoms with Crippen molar-refractivity contribution in [3.63, 3.8) is 0 Å². The summed E-state index contributed by atoms with van der Waals surface area (Å²) in [6, 6.07) is 12.4. The number of amides is 4. The van der Waals surface area contributed by atoms with Crippen LogP contribution < -0.4 is 15.6 Å². The summed E-state index contributed by atoms with van der Waals surface area (Å²) in [7, 11) is 3.44. The Hall–Kier alpha value is -5.95. The van der Waals surface area contributed by atoms with Gasteiger partial charge in [-0.15, -0.1) is 11.3 Å². The number of pyridine rings is 2. The third-order valence-corrected chi connectivity index (χ3v) is 18.2. The van der Waals surface area contributed by atoms with Crippen molar-refractivity contribution in [1.29, 1.82) is 0 Å². The molecule has 76 heavy (non-hydrogen) atoms. The number of hydrogen-bond donors (Lipinski definition) is 2. The average molecular weight is 1050 g/mol. The standard InChI is InChI=1S/C58H75N11O6S/c1-9-67-46-20-17-36-28-39(46)48-49(53(74-8)50-40(52(48)67)29-38(31-60-50)66-26-24-65(25-27-66)37-18-19-37)58(5,6)33-75-56(72)42-15-12-23-69(63-42)55(71)43(30-47-61-44(36)32-76-47)62-54(70)51(34(2)3)64(7)57(73)68-22-13-16-45(68)35(4)41-14-10-11-21-59-41/h10-11,14,17,20-21,28-29,31-32,34-35,37,42-43,45,49,51,53,63H,9,12-13,15-16,18-19,22-27,30,33H2,1-8H3,(H,62,70)/t35?,42-,43-,45+,49?,51-,53-/m0/s1. The van der Waals surface area contributed by atoms with Crippen LogP contribution in [0.25, 0.3) is 33.4 Å². The summed E-state index contributed by atoms with van der Waals surface area (Å²) >= 11 is 1.44. The number of likely N-dealkylation sites (tertiary alicyclic amines) is 1. The SMILES string of the molecule is CCn1c2c3c4cc(ccc41)-c1csc(n1)C[C@H](NC(=O)[C@H](C(C)C)N(C)C(=O)N1CCC[C@@H]1C(C)c1ccccn1)C(=O)N1CCC[C@H](N1)C(=O)OCC(C)(C)C3[C@H](OC)c1ncc(N3CCN(C4CC4)CC3)cc1-2. The minimum atomic E-state index is -1.07. The number of nitrogens with one attached hydrogen (secondary N) is 2. The number of likely N-dealkylation sites (N-methyl/N-ethyl adjacent to an activating group) is 1. The number of hydrogen-bond acceptors (Lipinski definition) is 13. The van der Waals surface area contributed by atoms with Crippen molar-refractivity contribution in [3.8, 4) is 22.5 Å². The Labute approximate surface area is 450 Å². The fraction of sp³-hybridized carbons (Fsp3) is 0.569. The smallest absolute Gasteiger partial charge is 0.324 e. The number of carbonyl (C=O) groups excluding carboxylic acids is 4. The predicted octanol–water partition coefficient (Wildman–Crippen LogP) is 7.76. The van der Waals surface area contributed by atoms with Crippen LogP contribution in [0.15, 0.2) is 60.2 Å². The Morgan fingerprint density at radius 3 is 2.50 bits per heavy atom. The molecule has 2 N–H and O–H groups in total. The van der Waals surface area contributed by atoms with E-state index >= 15 is 0 Å². The maximum Gasteiger partial charge on any atom is 0.324 e. The van der Waals surface area contributed by atoms with Gasteiger partial charge in [-0.25, -0.2) is 15.2 Å². The Balaban J connectivity index is 0.942. The number of ether oxygens (including phenoxy) is 2. The molecule has 2 unspecified atom stereocenters. The van der Waals surface area contributed by atoms with Gasteiger partial charge in [0.25, 0.3) is 5.91 Å². The highest BCUT2D eigenvalue weighted by Crippen LogP contribution is 2.57. The number of methoxy groups -OCH3 is 1. The number of esters is 1. The van der Waals surface area contributed by atoms with Gasteiger partial charge in [-0.2, -0.15) is 0 Å². The van der Waals surface area contributed by atoms with Gasteiger partial charge in [0, 0.05) is 135 Å². The summed E-state index contributed by atoms with van der Waals surface area (Å²) in [5, 5.41) is 8.33. The number of aryl methyl sites for hydroxylation is 1. The highest BCUT2D eigenvalue weighted by Gasteiger charge is 2.49. The first-order valence-electron chi connectivity index (χ1n) is 27.8. The molecule has 6 aliphatic rings. The van der Waals surface area contributed by atoms with Crippen molar-refractivity contribution < 1.29 is 28.7 Å². The number of hydrazine groups is 1. The fourth-order valence-corrected chi connectivity index (χ4v) is 14.1. The van der Waals surface area contributed by atoms with Crippen molar-refractivity contribution in [2.24, 2.45) is 11.3 Å². The molecule has 4 amide bonds. The van der Waals surface area contributed by atoms with Crippen LogP contribution in [0.1, 0.15) is 120 Å². The van der Waals surface area contributed by atoms with Gasteiger partial charge in [0.2, 0.25) is 5.91 Å². The van der Waals surface area contributed by atoms with E-state index in [0.29, 0.717) is 37.5 Å². The summed E-state index contributed by atoms with van der Waals surface area (Å²) < 4.78 is 15.3. The Morgan fingerprint density at radius 1 is 0.987 bits per heavy atom. The molecule has 1 aromatic carbocycles. The van der Waals surface area contributed by atoms with E-state index in [-0.39, 0.29) is 42.9 Å². The average Bonchev–Trinajstić information content (AvgIpc) is 3.89. The molecule has 0 spiro atoms. The van der Waals surface area contributed by atoms with E-state index in [1.165, 1.54) is 34.1 Å². The van der Waals surface area contributed by atoms with Gasteiger partial charge in [0.1, 0.15) is 24.2 Å². The molecule has 4 aromatic heterocycles. The van der Waals surface area contributed by atoms with Gasteiger partial charge in [-0.05, 0) is 87.3 Å². The summed E-state index contributed by atoms with van der Waals surface area (Å²) in [6.45, 7) is 18.1. The van der Waals surface area contributed by atoms with Crippen molar-refractivity contribution in [3.05, 3.63) is 82.2 Å². The third kappa shape index (κ3) is 9.65. The monoisotopic (exact) mass is 1050 g/mol. The summed E-state index contributed by atoms with van der Waals surface area (Å²) in [6.07, 6.45) is 8.73. The van der Waals surface area contributed by atoms with Gasteiger partial charge in [-0.3, -0.25) is 34.3 Å². The van der Waals surface area contributed by atoms with Crippen molar-refractivity contribution in [1.82, 2.24) is 50.0 Å². The van der Waals surface area contributed by atoms with Crippen LogP contribution in [0, 0.1) is 11.3 Å². The van der Waals surface area contributed by atoms with E-state index in [4.69, 9.17) is 19.4 Å². The van der Waals surface area contributed by atoms with Crippen LogP contribution in [-0.4, -0.2) is 153 Å². The second-order valence-corrected chi connectivity index (χ2v) is 24.0. The van der Waals surface area contributed by atoms with Crippen molar-refractivity contribution >= 4 is 51.7 Å². The second-order valence-electron chi connectivity index (χ2n) is 23.1. The first-order valence-corrected chi connectivity index (χ1v) is 28.7. The molecular formula is C58H75N11O6S. The lowest BCUT2D eigenvalue weighted by Crippen LogP contribution is -2.62. The minimum Gasteiger partial charge on any atom is -0.464 e. The molecule has 2 aliphatic carbocycles. The van der Waals surface area contributed by atoms with Crippen molar-refractivity contribution in [2.75, 3.05) is 64.9 Å². The van der Waals surface area contributed by atoms with E-state index in [0.717, 1.165) is 101 Å². The molecule has 4 aliphatic heterocycles. The van der Waals surface area contributed by atoms with E-state index in [9.17, 15) is 19.2 Å². The number of benzene rings is 1. The lowest BCUT2D eigenvalue weighted by molar-refractivity contribution is -0.156. The quantitative estimate of drug-likeness (QED) is 0.131. The first-order chi connectivity index (χ1) is 36.6. The molecule has 404 valence electrons. The molecular weight excluding hydrogens is 979 g/mol. The third-order valence-electron chi connectivity index (χ3n) is 17.4. The zero-order valence-corrected chi connectivity index (χ0v) is 46.3. The summed E-state index contributed by atoms with van der Waals surface area (Å²) in [5.41, 5.74) is 11.5. The van der Waals surface area contributed by atoms with Gasteiger partial charge in [-0.1, -0.05) is 46.8 Å². The van der Waals surface area contributed by atoms with Crippen LogP contribution in [-0.2, 0) is 36.8 Å². The van der Waals surface area contributed by atoms with E-state index in [1.807, 2.05) is 48.5 Å². The molecule has 6 bridgehead atoms. The van der Waals surface area contributed by atoms with Crippen LogP contribution in [0.3, 0.4) is 0 Å². The number of nitrogens with zero attached hydrogens (tertiary/aromatic N) is 9. The minimum absolute atomic E-state index is 0.000978. The van der Waals surface area contributed by atoms with Crippen molar-refractivity contribution in [2.45, 2.75) is 141 Å². The lowest BCUT2D eigenvalue weighted by Gasteiger charge is -2.43. The second kappa shape index (κ2) is 21.1. The zero-order chi connectivity index (χ0) is 53.2. The maximum absolute atomic E-state index is 14.9. The first kappa shape index (κ1) is 52.1. The van der Waals surface area contributed by atoms with Crippen LogP contribution >= 0.6 is 11.3 Å². The molecule has 5 aromatic rings. The Morgan fingerprint density at radius 2 is 1.78 bits per heavy atom. The summed E-state index contributed by atoms with van der Waals surface area (Å²) in [5.74, 6) is -1.86. The number of anilines is 1. The highest BCUT2D eigenvalue weighted by molar-refractivity contribution is 7.10. The Kier molecular flexibility index (Phi) is 14.5. The normalized spacial score (nSPS) is 24.8. The van der Waals surface area contributed by atoms with Gasteiger partial charge in [0.15, 0.2) is 0 Å². The Bertz CT molecular complexity index is 2980. The number of cyclic esters (lactones) is 1. The molecule has 3 saturated heterocycles. The van der Waals surface area contributed by atoms with Crippen LogP contribution in [0.5, 0.6) is 0 Å². The molecule has 11 rings (SSSR count). The number of aromatic nitrogens is 4. The number of thiazole rings is 1. The molecule has 1 saturated carbocycles. The van der Waals surface area contributed by atoms with Gasteiger partial charge in [0.05, 0.1) is 40.6 Å². The number of rotatable bonds is 10. The largest absolute Gasteiger partial charge is 0.464 e. The molecule has 7 atom stereocenters. The number of carbonyl (C=O) groups is 4. The van der Waals surface area contributed by atoms with E-state index in [2.05, 4.69) is 82.1 Å². The number of piperazine rings is 1. The molecule has 4 fully saturated rings. The highest BCUT2D eigenvalue weighted by atomic mass is 32.1. The van der Waals surface area contributed by atoms with E-state index < -0.39 is 47.4 Å². The molecule has 0 radical (unpaired) electrons. The van der Waals surface area contributed by atoms with E-state index in [1.54, 1.807) is 20.4 Å². The fourth-order valence-electron chi connectivity index (χ4n) is 13.2. The van der Waals surface area contributed by atoms with Gasteiger partial charge < -0.3 is 34.1 Å². The molecule has 17 nitrogen and oxygen atoms in total. The topological polar surface area (TPSA) is 171 Å². The molecule has 18 heteroatoms. The number of urea groups is 1. The maximum atomic E-state index is 14.9. The van der Waals surface area contributed by atoms with Crippen LogP contribution in [0.2, 0.25) is 0 Å². The predicted molar refractivity (Wildman–Crippen MR) is 294 cm³/mol.